The van der Waals surface area contributed by atoms with Crippen molar-refractivity contribution in [3.05, 3.63) is 47.9 Å². The minimum atomic E-state index is -3.73. The molecule has 3 N–H and O–H groups in total. The Morgan fingerprint density at radius 1 is 1.21 bits per heavy atom. The highest BCUT2D eigenvalue weighted by Gasteiger charge is 2.24. The van der Waals surface area contributed by atoms with Crippen LogP contribution in [0.4, 0.5) is 0 Å². The number of primary amides is 1. The van der Waals surface area contributed by atoms with Crippen molar-refractivity contribution in [3.8, 4) is 11.3 Å². The van der Waals surface area contributed by atoms with Crippen LogP contribution in [-0.4, -0.2) is 46.9 Å². The molecule has 144 valence electrons. The van der Waals surface area contributed by atoms with E-state index < -0.39 is 15.7 Å². The zero-order chi connectivity index (χ0) is 20.1. The molecule has 10 heteroatoms. The zero-order valence-electron chi connectivity index (χ0n) is 14.9. The molecule has 1 aliphatic carbocycles. The molecule has 2 aromatic heterocycles. The van der Waals surface area contributed by atoms with Gasteiger partial charge in [-0.25, -0.2) is 18.4 Å². The first-order valence-electron chi connectivity index (χ1n) is 8.53. The molecule has 0 spiro atoms. The number of nitrogens with zero attached hydrogens (tertiary/aromatic N) is 3. The van der Waals surface area contributed by atoms with E-state index in [-0.39, 0.29) is 28.3 Å². The molecule has 0 unspecified atom stereocenters. The van der Waals surface area contributed by atoms with Gasteiger partial charge in [-0.3, -0.25) is 14.0 Å². The average Bonchev–Trinajstić information content (AvgIpc) is 3.35. The van der Waals surface area contributed by atoms with Gasteiger partial charge in [-0.05, 0) is 25.0 Å². The van der Waals surface area contributed by atoms with Gasteiger partial charge >= 0.3 is 0 Å². The van der Waals surface area contributed by atoms with Crippen molar-refractivity contribution in [1.29, 1.82) is 0 Å². The molecule has 0 radical (unpaired) electrons. The Labute approximate surface area is 160 Å². The van der Waals surface area contributed by atoms with Crippen LogP contribution in [0.3, 0.4) is 0 Å². The zero-order valence-corrected chi connectivity index (χ0v) is 15.7. The van der Waals surface area contributed by atoms with Gasteiger partial charge in [0.15, 0.2) is 20.5 Å². The molecular formula is C18H17N5O4S. The highest BCUT2D eigenvalue weighted by Crippen LogP contribution is 2.25. The van der Waals surface area contributed by atoms with Crippen LogP contribution in [0.5, 0.6) is 0 Å². The monoisotopic (exact) mass is 399 g/mol. The number of fused-ring (bicyclic) bond motifs is 1. The van der Waals surface area contributed by atoms with E-state index in [4.69, 9.17) is 5.73 Å². The van der Waals surface area contributed by atoms with Crippen molar-refractivity contribution in [2.24, 2.45) is 5.73 Å². The minimum absolute atomic E-state index is 0.0954. The summed E-state index contributed by atoms with van der Waals surface area (Å²) >= 11 is 0. The highest BCUT2D eigenvalue weighted by molar-refractivity contribution is 7.90. The quantitative estimate of drug-likeness (QED) is 0.651. The number of carbonyl (C=O) groups is 2. The lowest BCUT2D eigenvalue weighted by atomic mass is 10.1. The molecule has 2 heterocycles. The van der Waals surface area contributed by atoms with Gasteiger partial charge in [0.2, 0.25) is 0 Å². The smallest absolute Gasteiger partial charge is 0.268 e. The first kappa shape index (κ1) is 18.1. The number of nitrogens with two attached hydrogens (primary N) is 1. The summed E-state index contributed by atoms with van der Waals surface area (Å²) in [6.45, 7) is 0. The number of benzene rings is 1. The predicted octanol–water partition coefficient (Wildman–Crippen LogP) is 0.791. The van der Waals surface area contributed by atoms with E-state index in [2.05, 4.69) is 15.3 Å². The normalized spacial score (nSPS) is 14.2. The molecular weight excluding hydrogens is 382 g/mol. The molecule has 1 aromatic carbocycles. The molecule has 0 atom stereocenters. The van der Waals surface area contributed by atoms with E-state index in [0.29, 0.717) is 16.8 Å². The van der Waals surface area contributed by atoms with Crippen molar-refractivity contribution in [1.82, 2.24) is 19.7 Å². The Balaban J connectivity index is 1.79. The van der Waals surface area contributed by atoms with Crippen LogP contribution in [0.1, 0.15) is 33.7 Å². The third-order valence-corrected chi connectivity index (χ3v) is 5.40. The number of rotatable bonds is 5. The maximum absolute atomic E-state index is 12.1. The van der Waals surface area contributed by atoms with Crippen LogP contribution in [-0.2, 0) is 9.84 Å². The second-order valence-corrected chi connectivity index (χ2v) is 8.66. The number of carbonyl (C=O) groups excluding carboxylic acids is 2. The van der Waals surface area contributed by atoms with Crippen LogP contribution < -0.4 is 11.1 Å². The molecule has 1 saturated carbocycles. The fraction of sp³-hybridized carbons (Fsp3) is 0.222. The Morgan fingerprint density at radius 3 is 2.46 bits per heavy atom. The number of hydrogen-bond donors (Lipinski definition) is 2. The lowest BCUT2D eigenvalue weighted by Gasteiger charge is -2.08. The maximum atomic E-state index is 12.1. The van der Waals surface area contributed by atoms with Gasteiger partial charge < -0.3 is 11.1 Å². The lowest BCUT2D eigenvalue weighted by molar-refractivity contribution is 0.0949. The summed E-state index contributed by atoms with van der Waals surface area (Å²) in [4.78, 5) is 31.7. The Bertz CT molecular complexity index is 1210. The van der Waals surface area contributed by atoms with Gasteiger partial charge in [-0.15, -0.1) is 0 Å². The second-order valence-electron chi connectivity index (χ2n) is 6.73. The Hall–Kier alpha value is -3.27. The number of hydrogen-bond acceptors (Lipinski definition) is 6. The first-order valence-corrected chi connectivity index (χ1v) is 10.4. The van der Waals surface area contributed by atoms with E-state index in [1.807, 2.05) is 0 Å². The third kappa shape index (κ3) is 3.33. The average molecular weight is 399 g/mol. The van der Waals surface area contributed by atoms with E-state index in [1.54, 1.807) is 24.3 Å². The van der Waals surface area contributed by atoms with Crippen molar-refractivity contribution in [2.45, 2.75) is 23.9 Å². The summed E-state index contributed by atoms with van der Waals surface area (Å²) in [6.07, 6.45) is 5.83. The van der Waals surface area contributed by atoms with Gasteiger partial charge in [0.25, 0.3) is 11.8 Å². The summed E-state index contributed by atoms with van der Waals surface area (Å²) in [5.41, 5.74) is 6.97. The van der Waals surface area contributed by atoms with Gasteiger partial charge in [-0.1, -0.05) is 12.1 Å². The number of amides is 2. The fourth-order valence-electron chi connectivity index (χ4n) is 2.83. The van der Waals surface area contributed by atoms with E-state index in [0.717, 1.165) is 19.1 Å². The molecule has 1 fully saturated rings. The van der Waals surface area contributed by atoms with Gasteiger partial charge in [-0.2, -0.15) is 0 Å². The molecule has 3 aromatic rings. The van der Waals surface area contributed by atoms with Crippen molar-refractivity contribution >= 4 is 27.3 Å². The molecule has 0 aliphatic heterocycles. The topological polar surface area (TPSA) is 137 Å². The molecule has 2 amide bonds. The molecule has 4 rings (SSSR count). The van der Waals surface area contributed by atoms with Crippen LogP contribution in [0.25, 0.3) is 16.9 Å². The molecule has 0 saturated heterocycles. The van der Waals surface area contributed by atoms with Gasteiger partial charge in [0.05, 0.1) is 11.9 Å². The first-order chi connectivity index (χ1) is 13.2. The highest BCUT2D eigenvalue weighted by atomic mass is 32.2. The van der Waals surface area contributed by atoms with E-state index in [1.165, 1.54) is 16.8 Å². The lowest BCUT2D eigenvalue weighted by Crippen LogP contribution is -2.25. The number of imidazole rings is 1. The molecule has 0 bridgehead atoms. The van der Waals surface area contributed by atoms with Crippen LogP contribution in [0.15, 0.2) is 41.7 Å². The third-order valence-electron chi connectivity index (χ3n) is 4.42. The van der Waals surface area contributed by atoms with Crippen LogP contribution in [0, 0.1) is 0 Å². The van der Waals surface area contributed by atoms with Crippen LogP contribution in [0.2, 0.25) is 0 Å². The number of sulfone groups is 1. The molecule has 9 nitrogen and oxygen atoms in total. The maximum Gasteiger partial charge on any atom is 0.268 e. The van der Waals surface area contributed by atoms with E-state index >= 15 is 0 Å². The van der Waals surface area contributed by atoms with Crippen LogP contribution >= 0.6 is 0 Å². The van der Waals surface area contributed by atoms with E-state index in [9.17, 15) is 18.0 Å². The molecule has 1 aliphatic rings. The SMILES string of the molecule is CS(=O)(=O)c1nc(C(N)=O)cn2c(-c3ccc(C(=O)NC4CC4)cc3)cnc12. The predicted molar refractivity (Wildman–Crippen MR) is 101 cm³/mol. The molecule has 28 heavy (non-hydrogen) atoms. The number of aromatic nitrogens is 3. The minimum Gasteiger partial charge on any atom is -0.364 e. The van der Waals surface area contributed by atoms with Crippen molar-refractivity contribution < 1.29 is 18.0 Å². The summed E-state index contributed by atoms with van der Waals surface area (Å²) in [5, 5.41) is 2.59. The Kier molecular flexibility index (Phi) is 4.15. The van der Waals surface area contributed by atoms with Gasteiger partial charge in [0.1, 0.15) is 5.69 Å². The summed E-state index contributed by atoms with van der Waals surface area (Å²) in [5.74, 6) is -0.981. The van der Waals surface area contributed by atoms with Gasteiger partial charge in [0, 0.05) is 29.6 Å². The summed E-state index contributed by atoms with van der Waals surface area (Å²) < 4.78 is 25.6. The second kappa shape index (κ2) is 6.41. The summed E-state index contributed by atoms with van der Waals surface area (Å²) in [7, 11) is -3.73. The Morgan fingerprint density at radius 2 is 1.89 bits per heavy atom. The summed E-state index contributed by atoms with van der Waals surface area (Å²) in [6, 6.07) is 7.09. The fourth-order valence-corrected chi connectivity index (χ4v) is 3.58. The van der Waals surface area contributed by atoms with Crippen molar-refractivity contribution in [2.75, 3.05) is 6.26 Å². The number of nitrogens with one attached hydrogen (secondary N) is 1. The van der Waals surface area contributed by atoms with Crippen molar-refractivity contribution in [3.63, 3.8) is 0 Å². The largest absolute Gasteiger partial charge is 0.364 e. The standard InChI is InChI=1S/C18H17N5O4S/c1-28(26,27)18-16-20-8-14(23(16)9-13(22-18)15(19)24)10-2-4-11(5-3-10)17(25)21-12-6-7-12/h2-5,8-9,12H,6-7H2,1H3,(H2,19,24)(H,21,25).